The van der Waals surface area contributed by atoms with E-state index in [0.29, 0.717) is 37.3 Å². The molecule has 3 saturated heterocycles. The Labute approximate surface area is 139 Å². The second-order valence-electron chi connectivity index (χ2n) is 7.50. The Balaban J connectivity index is 1.50. The van der Waals surface area contributed by atoms with Crippen molar-refractivity contribution in [2.45, 2.75) is 38.1 Å². The molecule has 0 spiro atoms. The van der Waals surface area contributed by atoms with Crippen LogP contribution in [0.25, 0.3) is 0 Å². The van der Waals surface area contributed by atoms with E-state index in [9.17, 15) is 13.2 Å². The molecule has 0 saturated carbocycles. The summed E-state index contributed by atoms with van der Waals surface area (Å²) in [5.74, 6) is 1.45. The molecule has 0 aromatic rings. The summed E-state index contributed by atoms with van der Waals surface area (Å²) in [6, 6.07) is 0.435. The molecule has 0 unspecified atom stereocenters. The average molecular weight is 343 g/mol. The van der Waals surface area contributed by atoms with Gasteiger partial charge in [0.2, 0.25) is 0 Å². The van der Waals surface area contributed by atoms with Gasteiger partial charge >= 0.3 is 6.03 Å². The first kappa shape index (κ1) is 17.0. The summed E-state index contributed by atoms with van der Waals surface area (Å²) in [6.07, 6.45) is 4.73. The van der Waals surface area contributed by atoms with E-state index in [0.717, 1.165) is 32.5 Å². The highest BCUT2D eigenvalue weighted by Gasteiger charge is 2.37. The Morgan fingerprint density at radius 3 is 2.61 bits per heavy atom. The summed E-state index contributed by atoms with van der Waals surface area (Å²) in [5, 5.41) is 3.07. The van der Waals surface area contributed by atoms with Crippen molar-refractivity contribution < 1.29 is 13.2 Å². The van der Waals surface area contributed by atoms with E-state index in [1.54, 1.807) is 0 Å². The lowest BCUT2D eigenvalue weighted by Gasteiger charge is -2.46. The van der Waals surface area contributed by atoms with E-state index in [1.165, 1.54) is 6.42 Å². The van der Waals surface area contributed by atoms with Gasteiger partial charge in [-0.25, -0.2) is 13.2 Å². The summed E-state index contributed by atoms with van der Waals surface area (Å²) >= 11 is 0. The van der Waals surface area contributed by atoms with Gasteiger partial charge in [-0.15, -0.1) is 0 Å². The lowest BCUT2D eigenvalue weighted by atomic mass is 9.84. The van der Waals surface area contributed by atoms with E-state index in [4.69, 9.17) is 0 Å². The van der Waals surface area contributed by atoms with Gasteiger partial charge in [-0.2, -0.15) is 0 Å². The van der Waals surface area contributed by atoms with Gasteiger partial charge in [0, 0.05) is 25.7 Å². The van der Waals surface area contributed by atoms with Crippen LogP contribution in [0.2, 0.25) is 0 Å². The minimum Gasteiger partial charge on any atom is -0.338 e. The van der Waals surface area contributed by atoms with E-state index in [2.05, 4.69) is 17.3 Å². The van der Waals surface area contributed by atoms with Crippen LogP contribution < -0.4 is 5.32 Å². The monoisotopic (exact) mass is 343 g/mol. The number of likely N-dealkylation sites (tertiary alicyclic amines) is 2. The molecule has 0 bridgehead atoms. The number of nitrogens with zero attached hydrogens (tertiary/aromatic N) is 2. The summed E-state index contributed by atoms with van der Waals surface area (Å²) in [4.78, 5) is 17.0. The minimum atomic E-state index is -2.82. The Morgan fingerprint density at radius 2 is 1.87 bits per heavy atom. The highest BCUT2D eigenvalue weighted by atomic mass is 32.2. The molecule has 3 rings (SSSR count). The Bertz CT molecular complexity index is 523. The number of amides is 2. The molecule has 0 aromatic carbocycles. The molecule has 0 radical (unpaired) electrons. The van der Waals surface area contributed by atoms with Crippen molar-refractivity contribution >= 4 is 15.9 Å². The molecule has 0 aromatic heterocycles. The molecular weight excluding hydrogens is 314 g/mol. The fourth-order valence-electron chi connectivity index (χ4n) is 4.31. The Morgan fingerprint density at radius 1 is 1.13 bits per heavy atom. The number of urea groups is 1. The van der Waals surface area contributed by atoms with E-state index >= 15 is 0 Å². The number of fused-ring (bicyclic) bond motifs is 1. The quantitative estimate of drug-likeness (QED) is 0.810. The zero-order valence-electron chi connectivity index (χ0n) is 14.0. The summed E-state index contributed by atoms with van der Waals surface area (Å²) in [6.45, 7) is 3.62. The molecule has 3 fully saturated rings. The van der Waals surface area contributed by atoms with Crippen molar-refractivity contribution in [1.29, 1.82) is 0 Å². The van der Waals surface area contributed by atoms with E-state index in [-0.39, 0.29) is 17.5 Å². The van der Waals surface area contributed by atoms with E-state index in [1.807, 2.05) is 4.90 Å². The molecule has 23 heavy (non-hydrogen) atoms. The van der Waals surface area contributed by atoms with Crippen molar-refractivity contribution in [3.05, 3.63) is 0 Å². The van der Waals surface area contributed by atoms with Gasteiger partial charge in [-0.1, -0.05) is 0 Å². The summed E-state index contributed by atoms with van der Waals surface area (Å²) in [7, 11) is -0.664. The normalized spacial score (nSPS) is 32.3. The van der Waals surface area contributed by atoms with Crippen LogP contribution in [-0.2, 0) is 9.84 Å². The lowest BCUT2D eigenvalue weighted by Crippen LogP contribution is -2.57. The zero-order chi connectivity index (χ0) is 16.4. The number of carbonyl (C=O) groups is 1. The van der Waals surface area contributed by atoms with Crippen LogP contribution >= 0.6 is 0 Å². The number of sulfone groups is 1. The molecule has 2 amide bonds. The maximum Gasteiger partial charge on any atom is 0.317 e. The van der Waals surface area contributed by atoms with Crippen LogP contribution in [-0.4, -0.2) is 75.0 Å². The average Bonchev–Trinajstić information content (AvgIpc) is 2.52. The number of hydrogen-bond donors (Lipinski definition) is 1. The predicted octanol–water partition coefficient (Wildman–Crippen LogP) is 0.937. The number of piperidine rings is 2. The SMILES string of the molecule is CN1CC[C@H]2[C@H](CCCN2C(=O)NCC2CCS(=O)(=O)CC2)C1. The van der Waals surface area contributed by atoms with Gasteiger partial charge in [0.25, 0.3) is 0 Å². The molecule has 0 aliphatic carbocycles. The van der Waals surface area contributed by atoms with E-state index < -0.39 is 9.84 Å². The van der Waals surface area contributed by atoms with Crippen molar-refractivity contribution in [1.82, 2.24) is 15.1 Å². The fourth-order valence-corrected chi connectivity index (χ4v) is 5.90. The molecule has 3 aliphatic rings. The smallest absolute Gasteiger partial charge is 0.317 e. The zero-order valence-corrected chi connectivity index (χ0v) is 14.9. The first-order valence-electron chi connectivity index (χ1n) is 8.88. The Kier molecular flexibility index (Phi) is 5.16. The van der Waals surface area contributed by atoms with Crippen molar-refractivity contribution in [3.8, 4) is 0 Å². The predicted molar refractivity (Wildman–Crippen MR) is 90.1 cm³/mol. The molecule has 132 valence electrons. The van der Waals surface area contributed by atoms with Gasteiger partial charge < -0.3 is 15.1 Å². The van der Waals surface area contributed by atoms with Gasteiger partial charge in [-0.05, 0) is 57.5 Å². The highest BCUT2D eigenvalue weighted by molar-refractivity contribution is 7.91. The van der Waals surface area contributed by atoms with Crippen LogP contribution in [0, 0.1) is 11.8 Å². The van der Waals surface area contributed by atoms with Gasteiger partial charge in [-0.3, -0.25) is 0 Å². The molecule has 3 heterocycles. The molecule has 6 nitrogen and oxygen atoms in total. The largest absolute Gasteiger partial charge is 0.338 e. The Hall–Kier alpha value is -0.820. The van der Waals surface area contributed by atoms with Crippen LogP contribution in [0.4, 0.5) is 4.79 Å². The summed E-state index contributed by atoms with van der Waals surface area (Å²) in [5.41, 5.74) is 0. The van der Waals surface area contributed by atoms with Crippen molar-refractivity contribution in [2.24, 2.45) is 11.8 Å². The number of rotatable bonds is 2. The van der Waals surface area contributed by atoms with Gasteiger partial charge in [0.05, 0.1) is 11.5 Å². The van der Waals surface area contributed by atoms with Crippen molar-refractivity contribution in [3.63, 3.8) is 0 Å². The van der Waals surface area contributed by atoms with Crippen LogP contribution in [0.5, 0.6) is 0 Å². The maximum absolute atomic E-state index is 12.6. The highest BCUT2D eigenvalue weighted by Crippen LogP contribution is 2.30. The van der Waals surface area contributed by atoms with Gasteiger partial charge in [0.1, 0.15) is 9.84 Å². The second kappa shape index (κ2) is 6.97. The first-order chi connectivity index (χ1) is 10.9. The molecule has 3 aliphatic heterocycles. The molecule has 2 atom stereocenters. The third-order valence-electron chi connectivity index (χ3n) is 5.75. The number of carbonyl (C=O) groups excluding carboxylic acids is 1. The number of hydrogen-bond acceptors (Lipinski definition) is 4. The van der Waals surface area contributed by atoms with Crippen LogP contribution in [0.3, 0.4) is 0 Å². The van der Waals surface area contributed by atoms with Crippen molar-refractivity contribution in [2.75, 3.05) is 44.7 Å². The third-order valence-corrected chi connectivity index (χ3v) is 7.46. The summed E-state index contributed by atoms with van der Waals surface area (Å²) < 4.78 is 22.9. The number of nitrogens with one attached hydrogen (secondary N) is 1. The minimum absolute atomic E-state index is 0.0534. The fraction of sp³-hybridized carbons (Fsp3) is 0.938. The standard InChI is InChI=1S/C16H29N3O3S/c1-18-8-4-15-14(12-18)3-2-7-19(15)16(20)17-11-13-5-9-23(21,22)10-6-13/h13-15H,2-12H2,1H3,(H,17,20)/t14-,15+/m1/s1. The molecule has 7 heteroatoms. The molecule has 1 N–H and O–H groups in total. The topological polar surface area (TPSA) is 69.7 Å². The molecular formula is C16H29N3O3S. The van der Waals surface area contributed by atoms with Crippen LogP contribution in [0.15, 0.2) is 0 Å². The maximum atomic E-state index is 12.6. The third kappa shape index (κ3) is 4.18. The van der Waals surface area contributed by atoms with Gasteiger partial charge in [0.15, 0.2) is 0 Å². The lowest BCUT2D eigenvalue weighted by molar-refractivity contribution is 0.0530. The van der Waals surface area contributed by atoms with Crippen LogP contribution in [0.1, 0.15) is 32.1 Å². The first-order valence-corrected chi connectivity index (χ1v) is 10.7. The second-order valence-corrected chi connectivity index (χ2v) is 9.80.